The van der Waals surface area contributed by atoms with E-state index in [9.17, 15) is 4.79 Å². The highest BCUT2D eigenvalue weighted by molar-refractivity contribution is 5.68. The highest BCUT2D eigenvalue weighted by atomic mass is 16.5. The number of carbonyl (C=O) groups is 1. The smallest absolute Gasteiger partial charge is 0.341 e. The van der Waals surface area contributed by atoms with Crippen molar-refractivity contribution in [1.82, 2.24) is 4.90 Å². The number of hydrogen-bond acceptors (Lipinski definition) is 3. The maximum Gasteiger partial charge on any atom is 0.341 e. The number of ether oxygens (including phenoxy) is 1. The summed E-state index contributed by atoms with van der Waals surface area (Å²) in [6, 6.07) is 8.07. The SMILES string of the molecule is CC(C)CN(Cc1ccccc1OCC(=O)O)C(C)C. The first kappa shape index (κ1) is 16.5. The van der Waals surface area contributed by atoms with Crippen LogP contribution in [0.15, 0.2) is 24.3 Å². The molecule has 0 saturated heterocycles. The summed E-state index contributed by atoms with van der Waals surface area (Å²) < 4.78 is 5.36. The van der Waals surface area contributed by atoms with Crippen LogP contribution < -0.4 is 4.74 Å². The molecule has 1 rings (SSSR count). The van der Waals surface area contributed by atoms with E-state index in [4.69, 9.17) is 9.84 Å². The van der Waals surface area contributed by atoms with Crippen LogP contribution in [0.5, 0.6) is 5.75 Å². The Bertz CT molecular complexity index is 429. The van der Waals surface area contributed by atoms with Gasteiger partial charge in [0.25, 0.3) is 0 Å². The average Bonchev–Trinajstić information content (AvgIpc) is 2.36. The van der Waals surface area contributed by atoms with Crippen molar-refractivity contribution in [1.29, 1.82) is 0 Å². The molecule has 1 N–H and O–H groups in total. The molecule has 1 aromatic rings. The summed E-state index contributed by atoms with van der Waals surface area (Å²) in [5.74, 6) is 0.288. The second kappa shape index (κ2) is 7.90. The lowest BCUT2D eigenvalue weighted by molar-refractivity contribution is -0.139. The van der Waals surface area contributed by atoms with E-state index >= 15 is 0 Å². The molecule has 0 aliphatic heterocycles. The number of rotatable bonds is 8. The third kappa shape index (κ3) is 5.61. The van der Waals surface area contributed by atoms with Gasteiger partial charge in [0.15, 0.2) is 6.61 Å². The number of nitrogens with zero attached hydrogens (tertiary/aromatic N) is 1. The molecule has 0 atom stereocenters. The first-order valence-corrected chi connectivity index (χ1v) is 7.06. The average molecular weight is 279 g/mol. The van der Waals surface area contributed by atoms with Crippen LogP contribution in [0.4, 0.5) is 0 Å². The molecule has 0 heterocycles. The topological polar surface area (TPSA) is 49.8 Å². The fraction of sp³-hybridized carbons (Fsp3) is 0.562. The molecule has 1 aromatic carbocycles. The molecule has 0 amide bonds. The van der Waals surface area contributed by atoms with Crippen LogP contribution in [-0.4, -0.2) is 35.2 Å². The third-order valence-corrected chi connectivity index (χ3v) is 3.03. The predicted molar refractivity (Wildman–Crippen MR) is 80.0 cm³/mol. The molecule has 0 aliphatic rings. The molecule has 0 bridgehead atoms. The molecule has 4 nitrogen and oxygen atoms in total. The van der Waals surface area contributed by atoms with E-state index in [2.05, 4.69) is 32.6 Å². The summed E-state index contributed by atoms with van der Waals surface area (Å²) in [4.78, 5) is 13.0. The van der Waals surface area contributed by atoms with Crippen molar-refractivity contribution in [2.75, 3.05) is 13.2 Å². The van der Waals surface area contributed by atoms with Crippen molar-refractivity contribution < 1.29 is 14.6 Å². The Kier molecular flexibility index (Phi) is 6.52. The second-order valence-corrected chi connectivity index (χ2v) is 5.71. The van der Waals surface area contributed by atoms with E-state index in [1.54, 1.807) is 0 Å². The van der Waals surface area contributed by atoms with Gasteiger partial charge < -0.3 is 9.84 Å². The molecule has 0 aromatic heterocycles. The van der Waals surface area contributed by atoms with Gasteiger partial charge in [-0.2, -0.15) is 0 Å². The Morgan fingerprint density at radius 1 is 1.25 bits per heavy atom. The molecular weight excluding hydrogens is 254 g/mol. The normalized spacial score (nSPS) is 11.3. The van der Waals surface area contributed by atoms with E-state index in [0.29, 0.717) is 17.7 Å². The lowest BCUT2D eigenvalue weighted by Gasteiger charge is -2.28. The van der Waals surface area contributed by atoms with Crippen LogP contribution >= 0.6 is 0 Å². The number of para-hydroxylation sites is 1. The van der Waals surface area contributed by atoms with Crippen LogP contribution in [0.2, 0.25) is 0 Å². The molecule has 0 aliphatic carbocycles. The highest BCUT2D eigenvalue weighted by Gasteiger charge is 2.14. The van der Waals surface area contributed by atoms with Crippen molar-refractivity contribution >= 4 is 5.97 Å². The Labute approximate surface area is 121 Å². The first-order valence-electron chi connectivity index (χ1n) is 7.06. The molecule has 20 heavy (non-hydrogen) atoms. The summed E-state index contributed by atoms with van der Waals surface area (Å²) in [5.41, 5.74) is 1.03. The van der Waals surface area contributed by atoms with Crippen LogP contribution in [-0.2, 0) is 11.3 Å². The molecule has 0 radical (unpaired) electrons. The highest BCUT2D eigenvalue weighted by Crippen LogP contribution is 2.21. The molecule has 0 spiro atoms. The van der Waals surface area contributed by atoms with Gasteiger partial charge in [-0.3, -0.25) is 4.90 Å². The van der Waals surface area contributed by atoms with Gasteiger partial charge in [-0.1, -0.05) is 32.0 Å². The minimum Gasteiger partial charge on any atom is -0.482 e. The first-order chi connectivity index (χ1) is 9.40. The Hall–Kier alpha value is -1.55. The largest absolute Gasteiger partial charge is 0.482 e. The van der Waals surface area contributed by atoms with Crippen LogP contribution in [0.1, 0.15) is 33.3 Å². The maximum atomic E-state index is 10.6. The fourth-order valence-corrected chi connectivity index (χ4v) is 2.06. The van der Waals surface area contributed by atoms with Gasteiger partial charge in [0.05, 0.1) is 0 Å². The summed E-state index contributed by atoms with van der Waals surface area (Å²) in [5, 5.41) is 8.72. The molecule has 0 unspecified atom stereocenters. The van der Waals surface area contributed by atoms with Crippen LogP contribution in [0, 0.1) is 5.92 Å². The Balaban J connectivity index is 2.80. The summed E-state index contributed by atoms with van der Waals surface area (Å²) in [6.45, 7) is 10.2. The van der Waals surface area contributed by atoms with E-state index in [1.165, 1.54) is 0 Å². The number of carboxylic acid groups (broad SMARTS) is 1. The summed E-state index contributed by atoms with van der Waals surface area (Å²) >= 11 is 0. The Morgan fingerprint density at radius 2 is 1.90 bits per heavy atom. The number of aliphatic carboxylic acids is 1. The number of hydrogen-bond donors (Lipinski definition) is 1. The molecule has 0 saturated carbocycles. The lowest BCUT2D eigenvalue weighted by atomic mass is 10.1. The van der Waals surface area contributed by atoms with E-state index in [1.807, 2.05) is 24.3 Å². The zero-order valence-corrected chi connectivity index (χ0v) is 12.8. The molecule has 0 fully saturated rings. The van der Waals surface area contributed by atoms with Gasteiger partial charge in [-0.15, -0.1) is 0 Å². The lowest BCUT2D eigenvalue weighted by Crippen LogP contribution is -2.33. The second-order valence-electron chi connectivity index (χ2n) is 5.71. The standard InChI is InChI=1S/C16H25NO3/c1-12(2)9-17(13(3)4)10-14-7-5-6-8-15(14)20-11-16(18)19/h5-8,12-13H,9-11H2,1-4H3,(H,18,19). The van der Waals surface area contributed by atoms with Crippen molar-refractivity contribution in [3.63, 3.8) is 0 Å². The van der Waals surface area contributed by atoms with Gasteiger partial charge in [0.2, 0.25) is 0 Å². The third-order valence-electron chi connectivity index (χ3n) is 3.03. The van der Waals surface area contributed by atoms with Gasteiger partial charge in [-0.25, -0.2) is 4.79 Å². The summed E-state index contributed by atoms with van der Waals surface area (Å²) in [7, 11) is 0. The van der Waals surface area contributed by atoms with E-state index in [0.717, 1.165) is 18.7 Å². The van der Waals surface area contributed by atoms with E-state index in [-0.39, 0.29) is 6.61 Å². The fourth-order valence-electron chi connectivity index (χ4n) is 2.06. The van der Waals surface area contributed by atoms with Gasteiger partial charge in [0, 0.05) is 24.7 Å². The minimum atomic E-state index is -0.956. The number of carboxylic acids is 1. The van der Waals surface area contributed by atoms with Gasteiger partial charge in [0.1, 0.15) is 5.75 Å². The van der Waals surface area contributed by atoms with Crippen molar-refractivity contribution in [3.8, 4) is 5.75 Å². The number of benzene rings is 1. The summed E-state index contributed by atoms with van der Waals surface area (Å²) in [6.07, 6.45) is 0. The maximum absolute atomic E-state index is 10.6. The van der Waals surface area contributed by atoms with Crippen molar-refractivity contribution in [2.45, 2.75) is 40.3 Å². The van der Waals surface area contributed by atoms with Crippen LogP contribution in [0.25, 0.3) is 0 Å². The van der Waals surface area contributed by atoms with Crippen molar-refractivity contribution in [2.24, 2.45) is 5.92 Å². The zero-order chi connectivity index (χ0) is 15.1. The van der Waals surface area contributed by atoms with Gasteiger partial charge >= 0.3 is 5.97 Å². The molecular formula is C16H25NO3. The van der Waals surface area contributed by atoms with Gasteiger partial charge in [-0.05, 0) is 25.8 Å². The molecule has 4 heteroatoms. The Morgan fingerprint density at radius 3 is 2.45 bits per heavy atom. The quantitative estimate of drug-likeness (QED) is 0.794. The van der Waals surface area contributed by atoms with E-state index < -0.39 is 5.97 Å². The van der Waals surface area contributed by atoms with Crippen molar-refractivity contribution in [3.05, 3.63) is 29.8 Å². The zero-order valence-electron chi connectivity index (χ0n) is 12.8. The minimum absolute atomic E-state index is 0.303. The predicted octanol–water partition coefficient (Wildman–Crippen LogP) is 3.02. The molecule has 112 valence electrons. The monoisotopic (exact) mass is 279 g/mol. The van der Waals surface area contributed by atoms with Crippen LogP contribution in [0.3, 0.4) is 0 Å².